The molecule has 0 saturated carbocycles. The number of hydrogen-bond acceptors (Lipinski definition) is 6. The van der Waals surface area contributed by atoms with E-state index in [0.717, 1.165) is 17.9 Å². The maximum atomic E-state index is 12.9. The minimum atomic E-state index is -3.62. The topological polar surface area (TPSA) is 109 Å². The van der Waals surface area contributed by atoms with Crippen LogP contribution in [0.2, 0.25) is 0 Å². The van der Waals surface area contributed by atoms with Crippen molar-refractivity contribution < 1.29 is 22.7 Å². The second-order valence-corrected chi connectivity index (χ2v) is 11.2. The Morgan fingerprint density at radius 3 is 2.26 bits per heavy atom. The molecule has 0 radical (unpaired) electrons. The normalized spacial score (nSPS) is 15.3. The molecule has 1 N–H and O–H groups in total. The second-order valence-electron chi connectivity index (χ2n) is 9.30. The van der Waals surface area contributed by atoms with Crippen molar-refractivity contribution in [3.63, 3.8) is 0 Å². The largest absolute Gasteiger partial charge is 0.497 e. The first kappa shape index (κ1) is 26.5. The molecule has 0 aromatic heterocycles. The summed E-state index contributed by atoms with van der Waals surface area (Å²) in [6.07, 6.45) is 2.50. The van der Waals surface area contributed by atoms with Gasteiger partial charge in [0.15, 0.2) is 0 Å². The van der Waals surface area contributed by atoms with Crippen LogP contribution in [0.5, 0.6) is 11.5 Å². The third-order valence-corrected chi connectivity index (χ3v) is 8.21. The Morgan fingerprint density at radius 1 is 1.09 bits per heavy atom. The van der Waals surface area contributed by atoms with Crippen molar-refractivity contribution in [1.29, 1.82) is 5.26 Å². The van der Waals surface area contributed by atoms with E-state index in [4.69, 9.17) is 14.7 Å². The standard InChI is InChI=1S/C26H33N3O5S/c1-26(2,15-4-18-34-23-9-7-22(33-3)8-10-23)25(30)28-21-13-16-29(17-14-21)35(31,32)24-11-5-20(19-27)6-12-24/h5-12,21H,4,13-18H2,1-3H3,(H,28,30). The van der Waals surface area contributed by atoms with Crippen molar-refractivity contribution in [3.05, 3.63) is 54.1 Å². The number of sulfonamides is 1. The van der Waals surface area contributed by atoms with Crippen molar-refractivity contribution in [3.8, 4) is 17.6 Å². The Labute approximate surface area is 207 Å². The van der Waals surface area contributed by atoms with E-state index in [1.165, 1.54) is 28.6 Å². The number of rotatable bonds is 10. The number of amides is 1. The molecule has 35 heavy (non-hydrogen) atoms. The zero-order chi connectivity index (χ0) is 25.5. The molecule has 9 heteroatoms. The first-order chi connectivity index (χ1) is 16.7. The number of carbonyl (C=O) groups is 1. The number of benzene rings is 2. The van der Waals surface area contributed by atoms with Gasteiger partial charge in [0, 0.05) is 24.5 Å². The molecule has 1 amide bonds. The minimum Gasteiger partial charge on any atom is -0.497 e. The van der Waals surface area contributed by atoms with E-state index < -0.39 is 15.4 Å². The van der Waals surface area contributed by atoms with Crippen LogP contribution in [0.1, 0.15) is 45.1 Å². The average Bonchev–Trinajstić information content (AvgIpc) is 2.87. The first-order valence-electron chi connectivity index (χ1n) is 11.7. The van der Waals surface area contributed by atoms with Crippen molar-refractivity contribution >= 4 is 15.9 Å². The van der Waals surface area contributed by atoms with Gasteiger partial charge in [-0.25, -0.2) is 8.42 Å². The van der Waals surface area contributed by atoms with Gasteiger partial charge in [-0.05, 0) is 74.2 Å². The van der Waals surface area contributed by atoms with Gasteiger partial charge < -0.3 is 14.8 Å². The van der Waals surface area contributed by atoms with Gasteiger partial charge in [-0.15, -0.1) is 0 Å². The number of carbonyl (C=O) groups excluding carboxylic acids is 1. The van der Waals surface area contributed by atoms with E-state index in [1.807, 2.05) is 44.2 Å². The Hall–Kier alpha value is -3.09. The van der Waals surface area contributed by atoms with E-state index in [0.29, 0.717) is 44.5 Å². The van der Waals surface area contributed by atoms with Crippen LogP contribution in [-0.2, 0) is 14.8 Å². The van der Waals surface area contributed by atoms with Gasteiger partial charge in [-0.3, -0.25) is 4.79 Å². The maximum absolute atomic E-state index is 12.9. The van der Waals surface area contributed by atoms with Crippen LogP contribution < -0.4 is 14.8 Å². The van der Waals surface area contributed by atoms with Gasteiger partial charge >= 0.3 is 0 Å². The quantitative estimate of drug-likeness (QED) is 0.499. The Bertz CT molecular complexity index is 1130. The lowest BCUT2D eigenvalue weighted by Gasteiger charge is -2.33. The molecule has 8 nitrogen and oxygen atoms in total. The second kappa shape index (κ2) is 11.6. The molecular formula is C26H33N3O5S. The highest BCUT2D eigenvalue weighted by Gasteiger charge is 2.33. The number of nitriles is 1. The molecule has 0 aliphatic carbocycles. The fourth-order valence-electron chi connectivity index (χ4n) is 3.96. The van der Waals surface area contributed by atoms with E-state index in [1.54, 1.807) is 7.11 Å². The average molecular weight is 500 g/mol. The predicted octanol–water partition coefficient (Wildman–Crippen LogP) is 3.72. The summed E-state index contributed by atoms with van der Waals surface area (Å²) < 4.78 is 38.1. The van der Waals surface area contributed by atoms with E-state index >= 15 is 0 Å². The molecule has 1 heterocycles. The van der Waals surface area contributed by atoms with Gasteiger partial charge in [0.05, 0.1) is 30.2 Å². The van der Waals surface area contributed by atoms with Crippen molar-refractivity contribution in [2.24, 2.45) is 5.41 Å². The SMILES string of the molecule is COc1ccc(OCCCC(C)(C)C(=O)NC2CCN(S(=O)(=O)c3ccc(C#N)cc3)CC2)cc1. The van der Waals surface area contributed by atoms with Crippen LogP contribution in [-0.4, -0.2) is 51.5 Å². The fraction of sp³-hybridized carbons (Fsp3) is 0.462. The summed E-state index contributed by atoms with van der Waals surface area (Å²) in [5.41, 5.74) is -0.144. The van der Waals surface area contributed by atoms with Gasteiger partial charge in [0.1, 0.15) is 11.5 Å². The molecule has 0 spiro atoms. The zero-order valence-electron chi connectivity index (χ0n) is 20.5. The summed E-state index contributed by atoms with van der Waals surface area (Å²) in [6.45, 7) is 5.02. The summed E-state index contributed by atoms with van der Waals surface area (Å²) in [5, 5.41) is 12.0. The molecule has 1 aliphatic rings. The van der Waals surface area contributed by atoms with Gasteiger partial charge in [0.25, 0.3) is 0 Å². The Balaban J connectivity index is 1.43. The van der Waals surface area contributed by atoms with Crippen LogP contribution >= 0.6 is 0 Å². The monoisotopic (exact) mass is 499 g/mol. The first-order valence-corrected chi connectivity index (χ1v) is 13.2. The van der Waals surface area contributed by atoms with E-state index in [9.17, 15) is 13.2 Å². The summed E-state index contributed by atoms with van der Waals surface area (Å²) in [6, 6.07) is 15.2. The smallest absolute Gasteiger partial charge is 0.243 e. The van der Waals surface area contributed by atoms with Crippen LogP contribution in [0.4, 0.5) is 0 Å². The van der Waals surface area contributed by atoms with Gasteiger partial charge in [-0.1, -0.05) is 13.8 Å². The molecule has 0 unspecified atom stereocenters. The molecule has 2 aromatic carbocycles. The van der Waals surface area contributed by atoms with Crippen molar-refractivity contribution in [2.75, 3.05) is 26.8 Å². The lowest BCUT2D eigenvalue weighted by Crippen LogP contribution is -2.49. The molecule has 2 aromatic rings. The van der Waals surface area contributed by atoms with Crippen molar-refractivity contribution in [2.45, 2.75) is 50.5 Å². The molecule has 1 saturated heterocycles. The number of nitrogens with zero attached hydrogens (tertiary/aromatic N) is 2. The Kier molecular flexibility index (Phi) is 8.76. The molecule has 3 rings (SSSR count). The van der Waals surface area contributed by atoms with Gasteiger partial charge in [0.2, 0.25) is 15.9 Å². The van der Waals surface area contributed by atoms with Crippen LogP contribution in [0.15, 0.2) is 53.4 Å². The zero-order valence-corrected chi connectivity index (χ0v) is 21.3. The van der Waals surface area contributed by atoms with Gasteiger partial charge in [-0.2, -0.15) is 9.57 Å². The highest BCUT2D eigenvalue weighted by Crippen LogP contribution is 2.26. The molecule has 188 valence electrons. The summed E-state index contributed by atoms with van der Waals surface area (Å²) in [7, 11) is -2.00. The molecule has 1 aliphatic heterocycles. The number of methoxy groups -OCH3 is 1. The highest BCUT2D eigenvalue weighted by atomic mass is 32.2. The summed E-state index contributed by atoms with van der Waals surface area (Å²) in [5.74, 6) is 1.50. The maximum Gasteiger partial charge on any atom is 0.243 e. The van der Waals surface area contributed by atoms with Crippen LogP contribution in [0.3, 0.4) is 0 Å². The molecular weight excluding hydrogens is 466 g/mol. The fourth-order valence-corrected chi connectivity index (χ4v) is 5.43. The number of piperidine rings is 1. The lowest BCUT2D eigenvalue weighted by molar-refractivity contribution is -0.130. The van der Waals surface area contributed by atoms with E-state index in [2.05, 4.69) is 5.32 Å². The number of hydrogen-bond donors (Lipinski definition) is 1. The number of ether oxygens (including phenoxy) is 2. The van der Waals surface area contributed by atoms with Crippen LogP contribution in [0.25, 0.3) is 0 Å². The summed E-state index contributed by atoms with van der Waals surface area (Å²) in [4.78, 5) is 13.1. The predicted molar refractivity (Wildman–Crippen MR) is 133 cm³/mol. The van der Waals surface area contributed by atoms with Crippen molar-refractivity contribution in [1.82, 2.24) is 9.62 Å². The summed E-state index contributed by atoms with van der Waals surface area (Å²) >= 11 is 0. The third kappa shape index (κ3) is 6.96. The Morgan fingerprint density at radius 2 is 1.69 bits per heavy atom. The minimum absolute atomic E-state index is 0.0321. The van der Waals surface area contributed by atoms with Crippen LogP contribution in [0, 0.1) is 16.7 Å². The highest BCUT2D eigenvalue weighted by molar-refractivity contribution is 7.89. The van der Waals surface area contributed by atoms with E-state index in [-0.39, 0.29) is 16.8 Å². The molecule has 0 atom stereocenters. The lowest BCUT2D eigenvalue weighted by atomic mass is 9.86. The molecule has 1 fully saturated rings. The molecule has 0 bridgehead atoms. The third-order valence-electron chi connectivity index (χ3n) is 6.30. The number of nitrogens with one attached hydrogen (secondary N) is 1.